The molecule has 0 aliphatic heterocycles. The average molecular weight is 581 g/mol. The molecule has 0 radical (unpaired) electrons. The lowest BCUT2D eigenvalue weighted by atomic mass is 9.94. The van der Waals surface area contributed by atoms with Gasteiger partial charge in [0, 0.05) is 31.3 Å². The second-order valence-corrected chi connectivity index (χ2v) is 12.1. The van der Waals surface area contributed by atoms with Crippen LogP contribution in [0.3, 0.4) is 0 Å². The van der Waals surface area contributed by atoms with Gasteiger partial charge in [-0.15, -0.1) is 11.3 Å². The highest BCUT2D eigenvalue weighted by molar-refractivity contribution is 7.27. The summed E-state index contributed by atoms with van der Waals surface area (Å²) in [6.45, 7) is 0. The number of nitrogens with one attached hydrogen (secondary N) is 1. The summed E-state index contributed by atoms with van der Waals surface area (Å²) in [5.41, 5.74) is 13.9. The van der Waals surface area contributed by atoms with Crippen LogP contribution in [0, 0.1) is 5.41 Å². The van der Waals surface area contributed by atoms with Gasteiger partial charge in [-0.2, -0.15) is 0 Å². The Kier molecular flexibility index (Phi) is 6.32. The molecule has 0 fully saturated rings. The maximum Gasteiger partial charge on any atom is 0.0632 e. The molecule has 0 amide bonds. The highest BCUT2D eigenvalue weighted by Crippen LogP contribution is 2.46. The van der Waals surface area contributed by atoms with E-state index >= 15 is 0 Å². The van der Waals surface area contributed by atoms with Crippen LogP contribution >= 0.6 is 11.3 Å². The third kappa shape index (κ3) is 4.38. The van der Waals surface area contributed by atoms with E-state index in [2.05, 4.69) is 103 Å². The summed E-state index contributed by atoms with van der Waals surface area (Å²) in [5, 5.41) is 16.4. The van der Waals surface area contributed by atoms with Gasteiger partial charge in [0.25, 0.3) is 0 Å². The lowest BCUT2D eigenvalue weighted by Crippen LogP contribution is -2.02. The number of benzene rings is 7. The Labute approximate surface area is 259 Å². The van der Waals surface area contributed by atoms with Gasteiger partial charge in [0.2, 0.25) is 0 Å². The van der Waals surface area contributed by atoms with E-state index in [1.54, 1.807) is 6.08 Å². The van der Waals surface area contributed by atoms with Crippen LogP contribution in [0.15, 0.2) is 152 Å². The van der Waals surface area contributed by atoms with E-state index in [4.69, 9.17) is 11.1 Å². The Morgan fingerprint density at radius 2 is 1.07 bits per heavy atom. The van der Waals surface area contributed by atoms with Crippen molar-refractivity contribution in [2.75, 3.05) is 0 Å². The minimum absolute atomic E-state index is 0.396. The first-order valence-corrected chi connectivity index (χ1v) is 15.5. The molecule has 8 rings (SSSR count). The molecule has 0 aliphatic rings. The number of hydrogen-bond acceptors (Lipinski definition) is 3. The van der Waals surface area contributed by atoms with Crippen molar-refractivity contribution in [3.05, 3.63) is 163 Å². The molecule has 1 heterocycles. The maximum atomic E-state index is 8.49. The molecule has 3 N–H and O–H groups in total. The Hall–Kier alpha value is -5.51. The Morgan fingerprint density at radius 3 is 1.86 bits per heavy atom. The lowest BCUT2D eigenvalue weighted by molar-refractivity contribution is 1.47. The van der Waals surface area contributed by atoms with Crippen LogP contribution in [0.2, 0.25) is 0 Å². The van der Waals surface area contributed by atoms with E-state index in [-0.39, 0.29) is 0 Å². The standard InChI is InChI=1S/C41H28N2S/c42-37(26-11-2-1-3-12-26)25-38(43)30-16-9-14-28(24-30)27-13-8-15-29(23-27)31-21-10-22-36-39-34-19-6-4-17-32(34)33-18-5-7-20-35(33)41(39)44-40(31)36/h1-25,42H,43H2/b38-25-,42-37?. The molecular weight excluding hydrogens is 553 g/mol. The van der Waals surface area contributed by atoms with Crippen LogP contribution in [-0.4, -0.2) is 5.71 Å². The fraction of sp³-hybridized carbons (Fsp3) is 0. The fourth-order valence-electron chi connectivity index (χ4n) is 6.34. The largest absolute Gasteiger partial charge is 0.398 e. The molecule has 3 heteroatoms. The van der Waals surface area contributed by atoms with E-state index in [9.17, 15) is 0 Å². The smallest absolute Gasteiger partial charge is 0.0632 e. The van der Waals surface area contributed by atoms with Crippen LogP contribution < -0.4 is 5.73 Å². The normalized spacial score (nSPS) is 12.0. The van der Waals surface area contributed by atoms with Crippen molar-refractivity contribution in [3.8, 4) is 22.3 Å². The summed E-state index contributed by atoms with van der Waals surface area (Å²) in [5.74, 6) is 0. The quantitative estimate of drug-likeness (QED) is 0.154. The van der Waals surface area contributed by atoms with Gasteiger partial charge in [-0.1, -0.05) is 133 Å². The van der Waals surface area contributed by atoms with Gasteiger partial charge in [0.15, 0.2) is 0 Å². The predicted octanol–water partition coefficient (Wildman–Crippen LogP) is 11.1. The molecule has 0 unspecified atom stereocenters. The second kappa shape index (κ2) is 10.6. The van der Waals surface area contributed by atoms with Gasteiger partial charge in [-0.05, 0) is 67.7 Å². The van der Waals surface area contributed by atoms with Crippen LogP contribution in [0.4, 0.5) is 0 Å². The van der Waals surface area contributed by atoms with Crippen molar-refractivity contribution < 1.29 is 0 Å². The van der Waals surface area contributed by atoms with E-state index < -0.39 is 0 Å². The van der Waals surface area contributed by atoms with E-state index in [1.807, 2.05) is 53.8 Å². The molecule has 8 aromatic rings. The summed E-state index contributed by atoms with van der Waals surface area (Å²) < 4.78 is 2.65. The number of fused-ring (bicyclic) bond motifs is 8. The van der Waals surface area contributed by atoms with E-state index in [0.717, 1.165) is 22.3 Å². The van der Waals surface area contributed by atoms with Crippen LogP contribution in [0.5, 0.6) is 0 Å². The highest BCUT2D eigenvalue weighted by Gasteiger charge is 2.16. The summed E-state index contributed by atoms with van der Waals surface area (Å²) >= 11 is 1.90. The summed E-state index contributed by atoms with van der Waals surface area (Å²) in [6, 6.07) is 51.0. The minimum Gasteiger partial charge on any atom is -0.398 e. The first kappa shape index (κ1) is 26.1. The first-order valence-electron chi connectivity index (χ1n) is 14.7. The van der Waals surface area contributed by atoms with Gasteiger partial charge in [-0.25, -0.2) is 0 Å². The van der Waals surface area contributed by atoms with Crippen LogP contribution in [0.25, 0.3) is 69.7 Å². The monoisotopic (exact) mass is 580 g/mol. The van der Waals surface area contributed by atoms with Crippen LogP contribution in [-0.2, 0) is 0 Å². The van der Waals surface area contributed by atoms with Gasteiger partial charge >= 0.3 is 0 Å². The predicted molar refractivity (Wildman–Crippen MR) is 191 cm³/mol. The van der Waals surface area contributed by atoms with Crippen molar-refractivity contribution in [3.63, 3.8) is 0 Å². The number of hydrogen-bond donors (Lipinski definition) is 2. The maximum absolute atomic E-state index is 8.49. The van der Waals surface area contributed by atoms with Crippen molar-refractivity contribution in [2.45, 2.75) is 0 Å². The van der Waals surface area contributed by atoms with Crippen molar-refractivity contribution >= 4 is 64.5 Å². The SMILES string of the molecule is N=C(/C=C(\N)c1cccc(-c2cccc(-c3cccc4c3sc3c5ccccc5c5ccccc5c43)c2)c1)c1ccccc1. The Bertz CT molecular complexity index is 2410. The molecule has 1 aromatic heterocycles. The van der Waals surface area contributed by atoms with Gasteiger partial charge < -0.3 is 11.1 Å². The van der Waals surface area contributed by atoms with Crippen molar-refractivity contribution in [1.82, 2.24) is 0 Å². The van der Waals surface area contributed by atoms with Gasteiger partial charge in [-0.3, -0.25) is 0 Å². The molecule has 44 heavy (non-hydrogen) atoms. The van der Waals surface area contributed by atoms with Gasteiger partial charge in [0.1, 0.15) is 0 Å². The zero-order valence-electron chi connectivity index (χ0n) is 23.9. The lowest BCUT2D eigenvalue weighted by Gasteiger charge is -2.10. The molecule has 0 saturated heterocycles. The fourth-order valence-corrected chi connectivity index (χ4v) is 7.73. The molecule has 0 spiro atoms. The minimum atomic E-state index is 0.396. The summed E-state index contributed by atoms with van der Waals surface area (Å²) in [4.78, 5) is 0. The summed E-state index contributed by atoms with van der Waals surface area (Å²) in [6.07, 6.45) is 1.74. The Morgan fingerprint density at radius 1 is 0.500 bits per heavy atom. The molecule has 7 aromatic carbocycles. The molecule has 0 atom stereocenters. The zero-order chi connectivity index (χ0) is 29.6. The third-order valence-corrected chi connectivity index (χ3v) is 9.73. The molecular formula is C41H28N2S. The second-order valence-electron chi connectivity index (χ2n) is 11.1. The molecule has 208 valence electrons. The number of rotatable bonds is 5. The van der Waals surface area contributed by atoms with E-state index in [1.165, 1.54) is 52.8 Å². The average Bonchev–Trinajstić information content (AvgIpc) is 3.49. The first-order chi connectivity index (χ1) is 21.7. The number of thiophene rings is 1. The zero-order valence-corrected chi connectivity index (χ0v) is 24.7. The van der Waals surface area contributed by atoms with Crippen molar-refractivity contribution in [2.24, 2.45) is 5.73 Å². The molecule has 0 bridgehead atoms. The van der Waals surface area contributed by atoms with Gasteiger partial charge in [0.05, 0.1) is 5.71 Å². The number of nitrogens with two attached hydrogens (primary N) is 1. The van der Waals surface area contributed by atoms with Crippen molar-refractivity contribution in [1.29, 1.82) is 5.41 Å². The Balaban J connectivity index is 1.24. The summed E-state index contributed by atoms with van der Waals surface area (Å²) in [7, 11) is 0. The molecule has 0 saturated carbocycles. The van der Waals surface area contributed by atoms with Crippen LogP contribution in [0.1, 0.15) is 11.1 Å². The van der Waals surface area contributed by atoms with E-state index in [0.29, 0.717) is 11.4 Å². The topological polar surface area (TPSA) is 49.9 Å². The number of allylic oxidation sites excluding steroid dienone is 1. The molecule has 0 aliphatic carbocycles. The third-order valence-electron chi connectivity index (χ3n) is 8.46. The molecule has 2 nitrogen and oxygen atoms in total. The highest BCUT2D eigenvalue weighted by atomic mass is 32.1.